The van der Waals surface area contributed by atoms with E-state index in [-0.39, 0.29) is 22.9 Å². The van der Waals surface area contributed by atoms with Gasteiger partial charge in [0.25, 0.3) is 5.56 Å². The SMILES string of the molecule is COc1cc(-c2cc(Cl)cnc2OC)c(F)cc1-n1c(=O)ccc2cc(S(=O)Nc3ccon3)ccc21. The average molecular weight is 541 g/mol. The Morgan fingerprint density at radius 3 is 2.62 bits per heavy atom. The van der Waals surface area contributed by atoms with Crippen LogP contribution in [0.25, 0.3) is 27.7 Å². The van der Waals surface area contributed by atoms with E-state index < -0.39 is 22.4 Å². The van der Waals surface area contributed by atoms with Gasteiger partial charge in [-0.25, -0.2) is 13.6 Å². The number of rotatable bonds is 7. The second-order valence-corrected chi connectivity index (χ2v) is 9.35. The standard InChI is InChI=1S/C25H18ClFN4O5S/c1-34-22-11-17(18-10-15(26)13-28-25(18)35-2)19(27)12-21(22)31-20-5-4-16(9-14(20)3-6-24(31)32)37(33)30-23-7-8-36-29-23/h3-13H,1-2H3,(H,29,30). The monoisotopic (exact) mass is 540 g/mol. The van der Waals surface area contributed by atoms with Crippen molar-refractivity contribution < 1.29 is 22.6 Å². The molecule has 3 aromatic heterocycles. The Morgan fingerprint density at radius 1 is 1.05 bits per heavy atom. The Morgan fingerprint density at radius 2 is 1.89 bits per heavy atom. The van der Waals surface area contributed by atoms with E-state index in [0.717, 1.165) is 0 Å². The molecule has 37 heavy (non-hydrogen) atoms. The van der Waals surface area contributed by atoms with Gasteiger partial charge in [0, 0.05) is 40.9 Å². The summed E-state index contributed by atoms with van der Waals surface area (Å²) in [6, 6.07) is 13.6. The molecule has 9 nitrogen and oxygen atoms in total. The lowest BCUT2D eigenvalue weighted by Gasteiger charge is -2.17. The van der Waals surface area contributed by atoms with E-state index in [4.69, 9.17) is 25.6 Å². The first-order valence-electron chi connectivity index (χ1n) is 10.7. The van der Waals surface area contributed by atoms with E-state index in [9.17, 15) is 9.00 Å². The third-order valence-electron chi connectivity index (χ3n) is 5.53. The number of hydrogen-bond acceptors (Lipinski definition) is 7. The van der Waals surface area contributed by atoms with Crippen molar-refractivity contribution in [3.8, 4) is 28.4 Å². The Balaban J connectivity index is 1.63. The molecule has 0 aliphatic heterocycles. The van der Waals surface area contributed by atoms with E-state index >= 15 is 4.39 Å². The summed E-state index contributed by atoms with van der Waals surface area (Å²) < 4.78 is 47.8. The lowest BCUT2D eigenvalue weighted by atomic mass is 10.0. The smallest absolute Gasteiger partial charge is 0.255 e. The molecule has 0 aliphatic carbocycles. The van der Waals surface area contributed by atoms with Gasteiger partial charge in [-0.1, -0.05) is 16.8 Å². The molecular weight excluding hydrogens is 523 g/mol. The first-order valence-corrected chi connectivity index (χ1v) is 12.2. The van der Waals surface area contributed by atoms with Crippen LogP contribution in [0.15, 0.2) is 81.3 Å². The molecule has 1 N–H and O–H groups in total. The molecule has 2 aromatic carbocycles. The van der Waals surface area contributed by atoms with Gasteiger partial charge in [0.1, 0.15) is 17.8 Å². The number of aromatic nitrogens is 3. The average Bonchev–Trinajstić information content (AvgIpc) is 3.41. The Hall–Kier alpha value is -4.22. The minimum absolute atomic E-state index is 0.136. The molecule has 12 heteroatoms. The summed E-state index contributed by atoms with van der Waals surface area (Å²) in [6.45, 7) is 0. The van der Waals surface area contributed by atoms with Gasteiger partial charge in [-0.3, -0.25) is 14.1 Å². The Kier molecular flexibility index (Phi) is 6.64. The van der Waals surface area contributed by atoms with E-state index in [1.165, 1.54) is 61.6 Å². The number of benzene rings is 2. The maximum absolute atomic E-state index is 15.5. The maximum Gasteiger partial charge on any atom is 0.255 e. The van der Waals surface area contributed by atoms with Crippen LogP contribution in [0.1, 0.15) is 0 Å². The van der Waals surface area contributed by atoms with Crippen LogP contribution >= 0.6 is 11.6 Å². The van der Waals surface area contributed by atoms with E-state index in [2.05, 4.69) is 14.9 Å². The van der Waals surface area contributed by atoms with Gasteiger partial charge < -0.3 is 14.0 Å². The molecule has 0 aliphatic rings. The van der Waals surface area contributed by atoms with Gasteiger partial charge in [-0.2, -0.15) is 0 Å². The molecule has 0 saturated carbocycles. The maximum atomic E-state index is 15.5. The number of hydrogen-bond donors (Lipinski definition) is 1. The minimum atomic E-state index is -1.64. The first-order chi connectivity index (χ1) is 17.9. The summed E-state index contributed by atoms with van der Waals surface area (Å²) in [5.41, 5.74) is 0.700. The molecule has 3 heterocycles. The number of nitrogens with zero attached hydrogens (tertiary/aromatic N) is 3. The highest BCUT2D eigenvalue weighted by molar-refractivity contribution is 7.86. The Labute approximate surface area is 217 Å². The molecule has 0 spiro atoms. The molecule has 0 radical (unpaired) electrons. The molecule has 188 valence electrons. The second-order valence-electron chi connectivity index (χ2n) is 7.70. The fourth-order valence-electron chi connectivity index (χ4n) is 3.88. The number of pyridine rings is 2. The fourth-order valence-corrected chi connectivity index (χ4v) is 4.87. The number of ether oxygens (including phenoxy) is 2. The summed E-state index contributed by atoms with van der Waals surface area (Å²) in [5.74, 6) is 0.0837. The summed E-state index contributed by atoms with van der Waals surface area (Å²) in [4.78, 5) is 17.5. The Bertz CT molecular complexity index is 1710. The highest BCUT2D eigenvalue weighted by atomic mass is 35.5. The van der Waals surface area contributed by atoms with Crippen LogP contribution < -0.4 is 19.8 Å². The van der Waals surface area contributed by atoms with Crippen molar-refractivity contribution in [2.24, 2.45) is 0 Å². The first kappa shape index (κ1) is 24.5. The van der Waals surface area contributed by atoms with Gasteiger partial charge in [0.2, 0.25) is 5.88 Å². The summed E-state index contributed by atoms with van der Waals surface area (Å²) >= 11 is 6.09. The number of fused-ring (bicyclic) bond motifs is 1. The largest absolute Gasteiger partial charge is 0.495 e. The summed E-state index contributed by atoms with van der Waals surface area (Å²) in [5, 5.41) is 4.59. The van der Waals surface area contributed by atoms with Gasteiger partial charge in [-0.05, 0) is 36.4 Å². The van der Waals surface area contributed by atoms with Crippen molar-refractivity contribution in [2.45, 2.75) is 4.90 Å². The van der Waals surface area contributed by atoms with E-state index in [0.29, 0.717) is 32.2 Å². The molecule has 1 unspecified atom stereocenters. The third kappa shape index (κ3) is 4.66. The third-order valence-corrected chi connectivity index (χ3v) is 6.81. The van der Waals surface area contributed by atoms with Gasteiger partial charge in [0.05, 0.1) is 35.3 Å². The molecular formula is C25H18ClFN4O5S. The topological polar surface area (TPSA) is 108 Å². The number of anilines is 1. The highest BCUT2D eigenvalue weighted by Crippen LogP contribution is 2.37. The van der Waals surface area contributed by atoms with Gasteiger partial charge >= 0.3 is 0 Å². The molecule has 0 saturated heterocycles. The number of methoxy groups -OCH3 is 2. The van der Waals surface area contributed by atoms with E-state index in [1.807, 2.05) is 0 Å². The van der Waals surface area contributed by atoms with Crippen LogP contribution in [0.2, 0.25) is 5.02 Å². The quantitative estimate of drug-likeness (QED) is 0.310. The van der Waals surface area contributed by atoms with Crippen molar-refractivity contribution in [3.63, 3.8) is 0 Å². The molecule has 0 amide bonds. The van der Waals surface area contributed by atoms with Gasteiger partial charge in [-0.15, -0.1) is 0 Å². The number of halogens is 2. The molecule has 0 bridgehead atoms. The highest BCUT2D eigenvalue weighted by Gasteiger charge is 2.20. The lowest BCUT2D eigenvalue weighted by Crippen LogP contribution is -2.18. The van der Waals surface area contributed by atoms with Crippen LogP contribution in [-0.4, -0.2) is 33.1 Å². The second kappa shape index (κ2) is 10.0. The van der Waals surface area contributed by atoms with Crippen LogP contribution in [0.4, 0.5) is 10.2 Å². The summed E-state index contributed by atoms with van der Waals surface area (Å²) in [7, 11) is 1.20. The van der Waals surface area contributed by atoms with Crippen molar-refractivity contribution in [1.82, 2.24) is 14.7 Å². The van der Waals surface area contributed by atoms with Crippen LogP contribution in [-0.2, 0) is 11.0 Å². The van der Waals surface area contributed by atoms with Crippen molar-refractivity contribution in [1.29, 1.82) is 0 Å². The minimum Gasteiger partial charge on any atom is -0.495 e. The summed E-state index contributed by atoms with van der Waals surface area (Å²) in [6.07, 6.45) is 2.75. The molecule has 5 rings (SSSR count). The van der Waals surface area contributed by atoms with Crippen LogP contribution in [0.3, 0.4) is 0 Å². The molecule has 5 aromatic rings. The van der Waals surface area contributed by atoms with Crippen LogP contribution in [0.5, 0.6) is 11.6 Å². The predicted octanol–water partition coefficient (Wildman–Crippen LogP) is 4.99. The zero-order chi connectivity index (χ0) is 26.1. The molecule has 1 atom stereocenters. The number of nitrogens with one attached hydrogen (secondary N) is 1. The van der Waals surface area contributed by atoms with Crippen LogP contribution in [0, 0.1) is 5.82 Å². The van der Waals surface area contributed by atoms with Gasteiger partial charge in [0.15, 0.2) is 16.8 Å². The van der Waals surface area contributed by atoms with E-state index in [1.54, 1.807) is 24.3 Å². The predicted molar refractivity (Wildman–Crippen MR) is 137 cm³/mol. The zero-order valence-electron chi connectivity index (χ0n) is 19.4. The fraction of sp³-hybridized carbons (Fsp3) is 0.0800. The normalized spacial score (nSPS) is 11.9. The van der Waals surface area contributed by atoms with Crippen molar-refractivity contribution >= 4 is 39.3 Å². The molecule has 0 fully saturated rings. The zero-order valence-corrected chi connectivity index (χ0v) is 21.0. The van der Waals surface area contributed by atoms with Crippen molar-refractivity contribution in [2.75, 3.05) is 18.9 Å². The lowest BCUT2D eigenvalue weighted by molar-refractivity contribution is 0.399. The van der Waals surface area contributed by atoms with Crippen molar-refractivity contribution in [3.05, 3.63) is 88.3 Å².